The maximum Gasteiger partial charge on any atom is 0.154 e. The van der Waals surface area contributed by atoms with Crippen LogP contribution in [-0.2, 0) is 9.84 Å². The fourth-order valence-electron chi connectivity index (χ4n) is 1.63. The van der Waals surface area contributed by atoms with Gasteiger partial charge in [-0.2, -0.15) is 0 Å². The lowest BCUT2D eigenvalue weighted by atomic mass is 10.0. The molecule has 0 saturated heterocycles. The Balaban J connectivity index is 2.99. The SMILES string of the molecule is CCS(=O)(=O)[C@@H](C)[C@H](N)c1cccc(C)c1. The topological polar surface area (TPSA) is 60.2 Å². The van der Waals surface area contributed by atoms with Gasteiger partial charge in [-0.15, -0.1) is 0 Å². The van der Waals surface area contributed by atoms with Crippen molar-refractivity contribution in [2.24, 2.45) is 5.73 Å². The van der Waals surface area contributed by atoms with Crippen LogP contribution in [0.25, 0.3) is 0 Å². The van der Waals surface area contributed by atoms with Gasteiger partial charge in [0.25, 0.3) is 0 Å². The lowest BCUT2D eigenvalue weighted by Gasteiger charge is -2.20. The summed E-state index contributed by atoms with van der Waals surface area (Å²) in [7, 11) is -3.08. The molecule has 0 aliphatic carbocycles. The number of rotatable bonds is 4. The van der Waals surface area contributed by atoms with Crippen LogP contribution in [0.2, 0.25) is 0 Å². The lowest BCUT2D eigenvalue weighted by Crippen LogP contribution is -2.32. The van der Waals surface area contributed by atoms with Gasteiger partial charge in [-0.3, -0.25) is 0 Å². The molecule has 0 spiro atoms. The Bertz CT molecular complexity index is 454. The highest BCUT2D eigenvalue weighted by Crippen LogP contribution is 2.20. The molecular formula is C12H19NO2S. The summed E-state index contributed by atoms with van der Waals surface area (Å²) < 4.78 is 23.4. The number of benzene rings is 1. The summed E-state index contributed by atoms with van der Waals surface area (Å²) in [5, 5.41) is -0.542. The van der Waals surface area contributed by atoms with Gasteiger partial charge in [0.05, 0.1) is 5.25 Å². The second-order valence-electron chi connectivity index (χ2n) is 4.10. The summed E-state index contributed by atoms with van der Waals surface area (Å²) >= 11 is 0. The highest BCUT2D eigenvalue weighted by Gasteiger charge is 2.26. The maximum absolute atomic E-state index is 11.7. The molecule has 90 valence electrons. The number of sulfone groups is 1. The van der Waals surface area contributed by atoms with Crippen LogP contribution in [0, 0.1) is 6.92 Å². The molecule has 1 rings (SSSR count). The monoisotopic (exact) mass is 241 g/mol. The van der Waals surface area contributed by atoms with E-state index in [9.17, 15) is 8.42 Å². The molecule has 1 aromatic carbocycles. The van der Waals surface area contributed by atoms with Gasteiger partial charge in [-0.1, -0.05) is 36.8 Å². The number of hydrogen-bond acceptors (Lipinski definition) is 3. The van der Waals surface area contributed by atoms with Crippen molar-refractivity contribution in [3.63, 3.8) is 0 Å². The molecule has 0 bridgehead atoms. The van der Waals surface area contributed by atoms with E-state index < -0.39 is 21.1 Å². The minimum Gasteiger partial charge on any atom is -0.323 e. The Morgan fingerprint density at radius 1 is 1.38 bits per heavy atom. The highest BCUT2D eigenvalue weighted by molar-refractivity contribution is 7.92. The van der Waals surface area contributed by atoms with Crippen molar-refractivity contribution in [3.8, 4) is 0 Å². The molecule has 0 heterocycles. The van der Waals surface area contributed by atoms with Crippen LogP contribution in [0.1, 0.15) is 31.0 Å². The Morgan fingerprint density at radius 2 is 2.00 bits per heavy atom. The maximum atomic E-state index is 11.7. The smallest absolute Gasteiger partial charge is 0.154 e. The quantitative estimate of drug-likeness (QED) is 0.874. The largest absolute Gasteiger partial charge is 0.323 e. The zero-order valence-electron chi connectivity index (χ0n) is 9.97. The third-order valence-corrected chi connectivity index (χ3v) is 5.13. The molecule has 1 aromatic rings. The second-order valence-corrected chi connectivity index (χ2v) is 6.74. The van der Waals surface area contributed by atoms with E-state index in [0.717, 1.165) is 11.1 Å². The molecule has 0 saturated carbocycles. The Morgan fingerprint density at radius 3 is 2.50 bits per heavy atom. The average molecular weight is 241 g/mol. The van der Waals surface area contributed by atoms with Gasteiger partial charge >= 0.3 is 0 Å². The molecule has 3 nitrogen and oxygen atoms in total. The molecule has 0 unspecified atom stereocenters. The molecule has 2 N–H and O–H groups in total. The third kappa shape index (κ3) is 2.83. The van der Waals surface area contributed by atoms with Gasteiger partial charge in [0.1, 0.15) is 0 Å². The van der Waals surface area contributed by atoms with Crippen LogP contribution in [-0.4, -0.2) is 19.4 Å². The van der Waals surface area contributed by atoms with Gasteiger partial charge in [-0.25, -0.2) is 8.42 Å². The number of nitrogens with two attached hydrogens (primary N) is 1. The summed E-state index contributed by atoms with van der Waals surface area (Å²) in [6.07, 6.45) is 0. The molecule has 16 heavy (non-hydrogen) atoms. The van der Waals surface area contributed by atoms with Crippen molar-refractivity contribution in [1.82, 2.24) is 0 Å². The zero-order valence-corrected chi connectivity index (χ0v) is 10.8. The van der Waals surface area contributed by atoms with Crippen molar-refractivity contribution in [2.45, 2.75) is 32.1 Å². The second kappa shape index (κ2) is 4.97. The van der Waals surface area contributed by atoms with Gasteiger partial charge in [0.2, 0.25) is 0 Å². The summed E-state index contributed by atoms with van der Waals surface area (Å²) in [5.74, 6) is 0.133. The van der Waals surface area contributed by atoms with Crippen molar-refractivity contribution < 1.29 is 8.42 Å². The third-order valence-electron chi connectivity index (χ3n) is 2.90. The standard InChI is InChI=1S/C12H19NO2S/c1-4-16(14,15)10(3)12(13)11-7-5-6-9(2)8-11/h5-8,10,12H,4,13H2,1-3H3/t10-,12-/m0/s1. The summed E-state index contributed by atoms with van der Waals surface area (Å²) in [6, 6.07) is 7.22. The molecule has 0 aliphatic rings. The average Bonchev–Trinajstić information content (AvgIpc) is 2.27. The number of aryl methyl sites for hydroxylation is 1. The Hall–Kier alpha value is -0.870. The van der Waals surface area contributed by atoms with Crippen LogP contribution in [0.15, 0.2) is 24.3 Å². The van der Waals surface area contributed by atoms with E-state index in [1.165, 1.54) is 0 Å². The van der Waals surface area contributed by atoms with Crippen LogP contribution in [0.4, 0.5) is 0 Å². The minimum absolute atomic E-state index is 0.133. The molecule has 0 aliphatic heterocycles. The van der Waals surface area contributed by atoms with Gasteiger partial charge < -0.3 is 5.73 Å². The first kappa shape index (κ1) is 13.2. The molecule has 0 aromatic heterocycles. The van der Waals surface area contributed by atoms with Gasteiger partial charge in [0, 0.05) is 11.8 Å². The first-order chi connectivity index (χ1) is 7.38. The van der Waals surface area contributed by atoms with Crippen molar-refractivity contribution in [3.05, 3.63) is 35.4 Å². The molecule has 4 heteroatoms. The first-order valence-electron chi connectivity index (χ1n) is 5.42. The van der Waals surface area contributed by atoms with E-state index in [1.807, 2.05) is 31.2 Å². The Labute approximate surface area is 97.6 Å². The predicted molar refractivity (Wildman–Crippen MR) is 67.0 cm³/mol. The predicted octanol–water partition coefficient (Wildman–Crippen LogP) is 1.82. The summed E-state index contributed by atoms with van der Waals surface area (Å²) in [5.41, 5.74) is 7.96. The summed E-state index contributed by atoms with van der Waals surface area (Å²) in [4.78, 5) is 0. The van der Waals surface area contributed by atoms with Crippen LogP contribution >= 0.6 is 0 Å². The fourth-order valence-corrected chi connectivity index (χ4v) is 2.76. The molecule has 0 amide bonds. The molecule has 0 fully saturated rings. The van der Waals surface area contributed by atoms with Crippen LogP contribution < -0.4 is 5.73 Å². The van der Waals surface area contributed by atoms with E-state index in [-0.39, 0.29) is 5.75 Å². The number of hydrogen-bond donors (Lipinski definition) is 1. The highest BCUT2D eigenvalue weighted by atomic mass is 32.2. The van der Waals surface area contributed by atoms with Crippen molar-refractivity contribution >= 4 is 9.84 Å². The first-order valence-corrected chi connectivity index (χ1v) is 7.13. The van der Waals surface area contributed by atoms with Gasteiger partial charge in [-0.05, 0) is 19.4 Å². The van der Waals surface area contributed by atoms with Gasteiger partial charge in [0.15, 0.2) is 9.84 Å². The Kier molecular flexibility index (Phi) is 4.10. The van der Waals surface area contributed by atoms with E-state index in [2.05, 4.69) is 0 Å². The van der Waals surface area contributed by atoms with Crippen LogP contribution in [0.3, 0.4) is 0 Å². The van der Waals surface area contributed by atoms with E-state index >= 15 is 0 Å². The molecular weight excluding hydrogens is 222 g/mol. The van der Waals surface area contributed by atoms with E-state index in [1.54, 1.807) is 13.8 Å². The van der Waals surface area contributed by atoms with Crippen LogP contribution in [0.5, 0.6) is 0 Å². The molecule has 2 atom stereocenters. The molecule has 0 radical (unpaired) electrons. The lowest BCUT2D eigenvalue weighted by molar-refractivity contribution is 0.566. The van der Waals surface area contributed by atoms with E-state index in [4.69, 9.17) is 5.73 Å². The van der Waals surface area contributed by atoms with E-state index in [0.29, 0.717) is 0 Å². The van der Waals surface area contributed by atoms with Crippen molar-refractivity contribution in [1.29, 1.82) is 0 Å². The van der Waals surface area contributed by atoms with Crippen molar-refractivity contribution in [2.75, 3.05) is 5.75 Å². The normalized spacial score (nSPS) is 15.8. The zero-order chi connectivity index (χ0) is 12.3. The summed E-state index contributed by atoms with van der Waals surface area (Å²) in [6.45, 7) is 5.29. The fraction of sp³-hybridized carbons (Fsp3) is 0.500. The minimum atomic E-state index is -3.08.